The van der Waals surface area contributed by atoms with Gasteiger partial charge in [-0.05, 0) is 44.5 Å². The second kappa shape index (κ2) is 8.27. The van der Waals surface area contributed by atoms with E-state index in [0.29, 0.717) is 26.6 Å². The van der Waals surface area contributed by atoms with Gasteiger partial charge in [-0.2, -0.15) is 0 Å². The fourth-order valence-electron chi connectivity index (χ4n) is 3.19. The Morgan fingerprint density at radius 3 is 2.65 bits per heavy atom. The Bertz CT molecular complexity index is 1370. The number of carbonyl (C=O) groups excluding carboxylic acids is 1. The van der Waals surface area contributed by atoms with E-state index >= 15 is 0 Å². The number of benzene rings is 1. The number of aromatic nitrogens is 3. The molecule has 0 unspecified atom stereocenters. The van der Waals surface area contributed by atoms with Crippen molar-refractivity contribution in [3.63, 3.8) is 0 Å². The van der Waals surface area contributed by atoms with Gasteiger partial charge in [-0.15, -0.1) is 22.7 Å². The van der Waals surface area contributed by atoms with Gasteiger partial charge in [0, 0.05) is 28.3 Å². The molecule has 31 heavy (non-hydrogen) atoms. The van der Waals surface area contributed by atoms with E-state index in [2.05, 4.69) is 15.3 Å². The van der Waals surface area contributed by atoms with Gasteiger partial charge in [0.25, 0.3) is 5.56 Å². The van der Waals surface area contributed by atoms with Crippen LogP contribution in [0.4, 0.5) is 13.9 Å². The Kier molecular flexibility index (Phi) is 5.67. The van der Waals surface area contributed by atoms with Crippen LogP contribution in [0.15, 0.2) is 29.3 Å². The molecule has 160 valence electrons. The first kappa shape index (κ1) is 21.3. The fraction of sp³-hybridized carbons (Fsp3) is 0.238. The van der Waals surface area contributed by atoms with Gasteiger partial charge in [-0.3, -0.25) is 14.2 Å². The molecule has 0 spiro atoms. The number of carbonyl (C=O) groups is 1. The van der Waals surface area contributed by atoms with Crippen LogP contribution < -0.4 is 10.9 Å². The van der Waals surface area contributed by atoms with Gasteiger partial charge in [0.05, 0.1) is 17.4 Å². The number of rotatable bonds is 5. The lowest BCUT2D eigenvalue weighted by atomic mass is 10.1. The van der Waals surface area contributed by atoms with Gasteiger partial charge in [-0.1, -0.05) is 0 Å². The number of thiazole rings is 1. The molecule has 4 rings (SSSR count). The summed E-state index contributed by atoms with van der Waals surface area (Å²) in [6.07, 6.45) is 1.52. The summed E-state index contributed by atoms with van der Waals surface area (Å²) in [6.45, 7) is 5.81. The molecule has 0 saturated carbocycles. The number of fused-ring (bicyclic) bond motifs is 1. The van der Waals surface area contributed by atoms with E-state index in [0.717, 1.165) is 27.5 Å². The first-order valence-corrected chi connectivity index (χ1v) is 11.1. The summed E-state index contributed by atoms with van der Waals surface area (Å²) >= 11 is 2.72. The Labute approximate surface area is 184 Å². The van der Waals surface area contributed by atoms with Crippen molar-refractivity contribution in [3.05, 3.63) is 61.8 Å². The molecule has 1 N–H and O–H groups in total. The van der Waals surface area contributed by atoms with E-state index in [9.17, 15) is 18.4 Å². The molecule has 1 aromatic carbocycles. The SMILES string of the molecule is Cc1sc(NC(=O)CCn2cnc3sc(C)c(C)c3c2=O)nc1-c1ccc(F)c(F)c1. The molecule has 3 aromatic heterocycles. The summed E-state index contributed by atoms with van der Waals surface area (Å²) in [6, 6.07) is 3.56. The lowest BCUT2D eigenvalue weighted by Crippen LogP contribution is -2.23. The van der Waals surface area contributed by atoms with Crippen molar-refractivity contribution in [3.8, 4) is 11.3 Å². The van der Waals surface area contributed by atoms with Crippen molar-refractivity contribution in [2.24, 2.45) is 0 Å². The van der Waals surface area contributed by atoms with Crippen molar-refractivity contribution >= 4 is 43.9 Å². The summed E-state index contributed by atoms with van der Waals surface area (Å²) in [5.74, 6) is -2.20. The topological polar surface area (TPSA) is 76.9 Å². The molecule has 4 aromatic rings. The van der Waals surface area contributed by atoms with Crippen LogP contribution in [0.2, 0.25) is 0 Å². The number of hydrogen-bond acceptors (Lipinski definition) is 6. The van der Waals surface area contributed by atoms with Gasteiger partial charge >= 0.3 is 0 Å². The predicted molar refractivity (Wildman–Crippen MR) is 119 cm³/mol. The third-order valence-electron chi connectivity index (χ3n) is 4.97. The summed E-state index contributed by atoms with van der Waals surface area (Å²) in [5.41, 5.74) is 1.67. The van der Waals surface area contributed by atoms with Gasteiger partial charge in [0.15, 0.2) is 16.8 Å². The van der Waals surface area contributed by atoms with Crippen LogP contribution in [0.1, 0.15) is 21.7 Å². The second-order valence-electron chi connectivity index (χ2n) is 7.06. The number of nitrogens with one attached hydrogen (secondary N) is 1. The predicted octanol–water partition coefficient (Wildman–Crippen LogP) is 4.81. The molecule has 1 amide bonds. The smallest absolute Gasteiger partial charge is 0.262 e. The van der Waals surface area contributed by atoms with Crippen LogP contribution in [0, 0.1) is 32.4 Å². The van der Waals surface area contributed by atoms with Crippen LogP contribution in [0.25, 0.3) is 21.5 Å². The number of nitrogens with zero attached hydrogens (tertiary/aromatic N) is 3. The van der Waals surface area contributed by atoms with E-state index in [4.69, 9.17) is 0 Å². The number of amides is 1. The fourth-order valence-corrected chi connectivity index (χ4v) is 5.03. The molecule has 0 aliphatic rings. The van der Waals surface area contributed by atoms with Crippen molar-refractivity contribution in [2.45, 2.75) is 33.7 Å². The highest BCUT2D eigenvalue weighted by molar-refractivity contribution is 7.18. The van der Waals surface area contributed by atoms with Crippen molar-refractivity contribution in [1.29, 1.82) is 0 Å². The first-order chi connectivity index (χ1) is 14.7. The number of anilines is 1. The molecule has 6 nitrogen and oxygen atoms in total. The highest BCUT2D eigenvalue weighted by atomic mass is 32.1. The third kappa shape index (κ3) is 4.13. The first-order valence-electron chi connectivity index (χ1n) is 9.42. The highest BCUT2D eigenvalue weighted by Crippen LogP contribution is 2.31. The standard InChI is InChI=1S/C21H18F2N4O2S2/c1-10-11(2)30-19-17(10)20(29)27(9-24-19)7-6-16(28)25-21-26-18(12(3)31-21)13-4-5-14(22)15(23)8-13/h4-5,8-9H,6-7H2,1-3H3,(H,25,26,28). The van der Waals surface area contributed by atoms with Crippen LogP contribution in [-0.4, -0.2) is 20.4 Å². The molecule has 0 saturated heterocycles. The summed E-state index contributed by atoms with van der Waals surface area (Å²) < 4.78 is 28.1. The third-order valence-corrected chi connectivity index (χ3v) is 6.97. The van der Waals surface area contributed by atoms with Gasteiger partial charge < -0.3 is 5.32 Å². The average molecular weight is 461 g/mol. The molecule has 0 radical (unpaired) electrons. The zero-order chi connectivity index (χ0) is 22.3. The second-order valence-corrected chi connectivity index (χ2v) is 9.46. The minimum Gasteiger partial charge on any atom is -0.302 e. The summed E-state index contributed by atoms with van der Waals surface area (Å²) in [5, 5.41) is 3.66. The molecular formula is C21H18F2N4O2S2. The molecule has 10 heteroatoms. The summed E-state index contributed by atoms with van der Waals surface area (Å²) in [4.78, 5) is 36.3. The molecular weight excluding hydrogens is 442 g/mol. The van der Waals surface area contributed by atoms with Crippen LogP contribution in [-0.2, 0) is 11.3 Å². The quantitative estimate of drug-likeness (QED) is 0.464. The monoisotopic (exact) mass is 460 g/mol. The number of hydrogen-bond donors (Lipinski definition) is 1. The van der Waals surface area contributed by atoms with Gasteiger partial charge in [0.2, 0.25) is 5.91 Å². The maximum Gasteiger partial charge on any atom is 0.262 e. The number of halogens is 2. The highest BCUT2D eigenvalue weighted by Gasteiger charge is 2.15. The van der Waals surface area contributed by atoms with Crippen LogP contribution >= 0.6 is 22.7 Å². The van der Waals surface area contributed by atoms with Crippen molar-refractivity contribution < 1.29 is 13.6 Å². The minimum absolute atomic E-state index is 0.0639. The van der Waals surface area contributed by atoms with E-state index in [1.165, 1.54) is 39.6 Å². The molecule has 0 aliphatic carbocycles. The Morgan fingerprint density at radius 1 is 1.13 bits per heavy atom. The molecule has 0 aliphatic heterocycles. The maximum absolute atomic E-state index is 13.5. The van der Waals surface area contributed by atoms with E-state index in [1.54, 1.807) is 6.92 Å². The zero-order valence-electron chi connectivity index (χ0n) is 17.0. The van der Waals surface area contributed by atoms with Crippen LogP contribution in [0.5, 0.6) is 0 Å². The van der Waals surface area contributed by atoms with Crippen molar-refractivity contribution in [2.75, 3.05) is 5.32 Å². The largest absolute Gasteiger partial charge is 0.302 e. The average Bonchev–Trinajstić information content (AvgIpc) is 3.22. The molecule has 0 atom stereocenters. The molecule has 0 fully saturated rings. The number of thiophene rings is 1. The zero-order valence-corrected chi connectivity index (χ0v) is 18.6. The maximum atomic E-state index is 13.5. The normalized spacial score (nSPS) is 11.3. The lowest BCUT2D eigenvalue weighted by molar-refractivity contribution is -0.116. The minimum atomic E-state index is -0.956. The van der Waals surface area contributed by atoms with Gasteiger partial charge in [-0.25, -0.2) is 18.7 Å². The van der Waals surface area contributed by atoms with E-state index in [1.807, 2.05) is 13.8 Å². The molecule has 0 bridgehead atoms. The Balaban J connectivity index is 1.47. The summed E-state index contributed by atoms with van der Waals surface area (Å²) in [7, 11) is 0. The Hall–Kier alpha value is -2.98. The van der Waals surface area contributed by atoms with Crippen LogP contribution in [0.3, 0.4) is 0 Å². The lowest BCUT2D eigenvalue weighted by Gasteiger charge is -2.05. The number of aryl methyl sites for hydroxylation is 4. The van der Waals surface area contributed by atoms with E-state index in [-0.39, 0.29) is 24.4 Å². The van der Waals surface area contributed by atoms with E-state index < -0.39 is 11.6 Å². The van der Waals surface area contributed by atoms with Crippen molar-refractivity contribution in [1.82, 2.24) is 14.5 Å². The van der Waals surface area contributed by atoms with Gasteiger partial charge in [0.1, 0.15) is 4.83 Å². The Morgan fingerprint density at radius 2 is 1.90 bits per heavy atom. The molecule has 3 heterocycles.